The van der Waals surface area contributed by atoms with Gasteiger partial charge in [0.15, 0.2) is 0 Å². The molecule has 0 unspecified atom stereocenters. The Morgan fingerprint density at radius 3 is 2.29 bits per heavy atom. The molecular formula is C8H13NO5. The number of aliphatic hydroxyl groups excluding tert-OH is 4. The molecule has 2 aliphatic rings. The minimum atomic E-state index is -1.18. The van der Waals surface area contributed by atoms with E-state index >= 15 is 0 Å². The highest BCUT2D eigenvalue weighted by Gasteiger charge is 2.51. The van der Waals surface area contributed by atoms with Gasteiger partial charge in [-0.1, -0.05) is 0 Å². The van der Waals surface area contributed by atoms with Crippen molar-refractivity contribution in [1.29, 1.82) is 0 Å². The zero-order valence-electron chi connectivity index (χ0n) is 7.45. The molecule has 0 aromatic carbocycles. The fourth-order valence-corrected chi connectivity index (χ4v) is 2.14. The molecule has 0 saturated carbocycles. The summed E-state index contributed by atoms with van der Waals surface area (Å²) in [6.45, 7) is 0.0223. The molecule has 0 aromatic rings. The molecule has 2 fully saturated rings. The number of amides is 1. The van der Waals surface area contributed by atoms with Gasteiger partial charge in [-0.15, -0.1) is 0 Å². The van der Waals surface area contributed by atoms with Crippen LogP contribution in [0.1, 0.15) is 6.42 Å². The molecule has 5 atom stereocenters. The van der Waals surface area contributed by atoms with Gasteiger partial charge in [0.2, 0.25) is 5.91 Å². The van der Waals surface area contributed by atoms with Crippen molar-refractivity contribution >= 4 is 5.91 Å². The van der Waals surface area contributed by atoms with E-state index < -0.39 is 30.5 Å². The van der Waals surface area contributed by atoms with Gasteiger partial charge < -0.3 is 25.3 Å². The van der Waals surface area contributed by atoms with E-state index in [1.54, 1.807) is 0 Å². The van der Waals surface area contributed by atoms with Crippen LogP contribution in [0, 0.1) is 0 Å². The molecular weight excluding hydrogens is 190 g/mol. The van der Waals surface area contributed by atoms with Crippen molar-refractivity contribution in [3.05, 3.63) is 0 Å². The second kappa shape index (κ2) is 3.16. The first kappa shape index (κ1) is 9.85. The van der Waals surface area contributed by atoms with E-state index in [2.05, 4.69) is 0 Å². The standard InChI is InChI=1S/C8H13NO5/c10-3-1-5(12)9-2-4(11)8(14)6(9)7(3)13/h3-4,6-8,10-11,13-14H,1-2H2/t3-,4+,6+,7+,8+/m1/s1. The molecule has 0 aliphatic carbocycles. The van der Waals surface area contributed by atoms with Crippen LogP contribution in [0.25, 0.3) is 0 Å². The topological polar surface area (TPSA) is 101 Å². The van der Waals surface area contributed by atoms with Gasteiger partial charge in [0.1, 0.15) is 12.2 Å². The second-order valence-corrected chi connectivity index (χ2v) is 3.86. The number of hydrogen-bond acceptors (Lipinski definition) is 5. The van der Waals surface area contributed by atoms with Crippen LogP contribution in [0.15, 0.2) is 0 Å². The second-order valence-electron chi connectivity index (χ2n) is 3.86. The first-order valence-corrected chi connectivity index (χ1v) is 4.54. The Kier molecular flexibility index (Phi) is 2.23. The van der Waals surface area contributed by atoms with Gasteiger partial charge in [0.05, 0.1) is 24.7 Å². The summed E-state index contributed by atoms with van der Waals surface area (Å²) in [5, 5.41) is 37.6. The molecule has 80 valence electrons. The van der Waals surface area contributed by atoms with Gasteiger partial charge in [0.25, 0.3) is 0 Å². The van der Waals surface area contributed by atoms with E-state index in [0.717, 1.165) is 0 Å². The van der Waals surface area contributed by atoms with E-state index in [1.165, 1.54) is 4.90 Å². The summed E-state index contributed by atoms with van der Waals surface area (Å²) in [4.78, 5) is 12.6. The normalized spacial score (nSPS) is 48.1. The molecule has 0 radical (unpaired) electrons. The van der Waals surface area contributed by atoms with Crippen LogP contribution in [0.4, 0.5) is 0 Å². The van der Waals surface area contributed by atoms with E-state index in [-0.39, 0.29) is 18.9 Å². The lowest BCUT2D eigenvalue weighted by Gasteiger charge is -2.37. The molecule has 2 saturated heterocycles. The van der Waals surface area contributed by atoms with Crippen LogP contribution >= 0.6 is 0 Å². The molecule has 0 aromatic heterocycles. The van der Waals surface area contributed by atoms with Crippen LogP contribution in [0.5, 0.6) is 0 Å². The fourth-order valence-electron chi connectivity index (χ4n) is 2.14. The SMILES string of the molecule is O=C1C[C@@H](O)[C@H](O)[C@H]2[C@@H](O)[C@@H](O)CN12. The predicted molar refractivity (Wildman–Crippen MR) is 44.1 cm³/mol. The number of carbonyl (C=O) groups excluding carboxylic acids is 1. The minimum Gasteiger partial charge on any atom is -0.390 e. The third kappa shape index (κ3) is 1.23. The van der Waals surface area contributed by atoms with Crippen LogP contribution in [0.2, 0.25) is 0 Å². The summed E-state index contributed by atoms with van der Waals surface area (Å²) in [7, 11) is 0. The third-order valence-electron chi connectivity index (χ3n) is 2.94. The van der Waals surface area contributed by atoms with E-state index in [1.807, 2.05) is 0 Å². The first-order valence-electron chi connectivity index (χ1n) is 4.54. The van der Waals surface area contributed by atoms with E-state index in [0.29, 0.717) is 0 Å². The Morgan fingerprint density at radius 2 is 1.64 bits per heavy atom. The molecule has 6 heteroatoms. The zero-order valence-corrected chi connectivity index (χ0v) is 7.45. The minimum absolute atomic E-state index is 0.0223. The summed E-state index contributed by atoms with van der Waals surface area (Å²) in [6, 6.07) is -0.874. The Hall–Kier alpha value is -0.690. The summed E-state index contributed by atoms with van der Waals surface area (Å²) in [5.41, 5.74) is 0. The monoisotopic (exact) mass is 203 g/mol. The van der Waals surface area contributed by atoms with Gasteiger partial charge >= 0.3 is 0 Å². The van der Waals surface area contributed by atoms with Crippen LogP contribution in [-0.4, -0.2) is 68.2 Å². The van der Waals surface area contributed by atoms with Crippen molar-refractivity contribution in [3.8, 4) is 0 Å². The lowest BCUT2D eigenvalue weighted by atomic mass is 9.94. The van der Waals surface area contributed by atoms with Crippen molar-refractivity contribution < 1.29 is 25.2 Å². The first-order chi connectivity index (χ1) is 6.52. The summed E-state index contributed by atoms with van der Waals surface area (Å²) in [6.07, 6.45) is -4.70. The van der Waals surface area contributed by atoms with Crippen molar-refractivity contribution in [2.75, 3.05) is 6.54 Å². The Balaban J connectivity index is 2.25. The number of piperidine rings is 1. The summed E-state index contributed by atoms with van der Waals surface area (Å²) < 4.78 is 0. The Morgan fingerprint density at radius 1 is 1.07 bits per heavy atom. The van der Waals surface area contributed by atoms with Gasteiger partial charge in [-0.2, -0.15) is 0 Å². The van der Waals surface area contributed by atoms with Gasteiger partial charge in [-0.25, -0.2) is 0 Å². The Labute approximate surface area is 80.4 Å². The highest BCUT2D eigenvalue weighted by Crippen LogP contribution is 2.28. The van der Waals surface area contributed by atoms with E-state index in [4.69, 9.17) is 0 Å². The average Bonchev–Trinajstić information content (AvgIpc) is 2.41. The number of fused-ring (bicyclic) bond motifs is 1. The number of carbonyl (C=O) groups is 1. The lowest BCUT2D eigenvalue weighted by Crippen LogP contribution is -2.57. The highest BCUT2D eigenvalue weighted by atomic mass is 16.4. The van der Waals surface area contributed by atoms with Gasteiger partial charge in [-0.05, 0) is 0 Å². The van der Waals surface area contributed by atoms with Crippen LogP contribution in [-0.2, 0) is 4.79 Å². The number of rotatable bonds is 0. The molecule has 14 heavy (non-hydrogen) atoms. The van der Waals surface area contributed by atoms with Crippen molar-refractivity contribution in [3.63, 3.8) is 0 Å². The fraction of sp³-hybridized carbons (Fsp3) is 0.875. The smallest absolute Gasteiger partial charge is 0.225 e. The van der Waals surface area contributed by atoms with Crippen molar-refractivity contribution in [1.82, 2.24) is 4.90 Å². The molecule has 0 bridgehead atoms. The molecule has 1 amide bonds. The maximum atomic E-state index is 11.4. The zero-order chi connectivity index (χ0) is 10.5. The average molecular weight is 203 g/mol. The van der Waals surface area contributed by atoms with Crippen LogP contribution < -0.4 is 0 Å². The molecule has 2 heterocycles. The maximum absolute atomic E-state index is 11.4. The molecule has 4 N–H and O–H groups in total. The summed E-state index contributed by atoms with van der Waals surface area (Å²) >= 11 is 0. The maximum Gasteiger partial charge on any atom is 0.225 e. The number of nitrogens with zero attached hydrogens (tertiary/aromatic N) is 1. The molecule has 6 nitrogen and oxygen atoms in total. The molecule has 0 spiro atoms. The van der Waals surface area contributed by atoms with Gasteiger partial charge in [-0.3, -0.25) is 4.79 Å². The quantitative estimate of drug-likeness (QED) is 0.337. The van der Waals surface area contributed by atoms with Gasteiger partial charge in [0, 0.05) is 6.54 Å². The van der Waals surface area contributed by atoms with Crippen molar-refractivity contribution in [2.45, 2.75) is 36.9 Å². The molecule has 2 aliphatic heterocycles. The van der Waals surface area contributed by atoms with Crippen LogP contribution in [0.3, 0.4) is 0 Å². The summed E-state index contributed by atoms with van der Waals surface area (Å²) in [5.74, 6) is -0.344. The number of hydrogen-bond donors (Lipinski definition) is 4. The molecule has 2 rings (SSSR count). The highest BCUT2D eigenvalue weighted by molar-refractivity contribution is 5.79. The van der Waals surface area contributed by atoms with E-state index in [9.17, 15) is 25.2 Å². The predicted octanol–water partition coefficient (Wildman–Crippen LogP) is -2.96. The third-order valence-corrected chi connectivity index (χ3v) is 2.94. The largest absolute Gasteiger partial charge is 0.390 e. The lowest BCUT2D eigenvalue weighted by molar-refractivity contribution is -0.153. The number of aliphatic hydroxyl groups is 4. The Bertz CT molecular complexity index is 258. The van der Waals surface area contributed by atoms with Crippen molar-refractivity contribution in [2.24, 2.45) is 0 Å².